The molecule has 0 bridgehead atoms. The van der Waals surface area contributed by atoms with Crippen molar-refractivity contribution in [3.8, 4) is 0 Å². The summed E-state index contributed by atoms with van der Waals surface area (Å²) in [5.41, 5.74) is 8.42. The van der Waals surface area contributed by atoms with Crippen LogP contribution in [0.4, 0.5) is 11.4 Å². The molecule has 2 aromatic rings. The summed E-state index contributed by atoms with van der Waals surface area (Å²) >= 11 is 0. The molecular formula is C12H19N5. The van der Waals surface area contributed by atoms with Gasteiger partial charge in [-0.3, -0.25) is 0 Å². The fourth-order valence-electron chi connectivity index (χ4n) is 1.90. The van der Waals surface area contributed by atoms with Crippen LogP contribution < -0.4 is 11.1 Å². The van der Waals surface area contributed by atoms with Crippen LogP contribution in [0.2, 0.25) is 0 Å². The first-order chi connectivity index (χ1) is 8.13. The van der Waals surface area contributed by atoms with E-state index in [0.29, 0.717) is 11.6 Å². The molecule has 5 nitrogen and oxygen atoms in total. The summed E-state index contributed by atoms with van der Waals surface area (Å²) in [7, 11) is 0. The highest BCUT2D eigenvalue weighted by Gasteiger charge is 2.11. The highest BCUT2D eigenvalue weighted by Crippen LogP contribution is 2.27. The van der Waals surface area contributed by atoms with Gasteiger partial charge in [-0.2, -0.15) is 5.10 Å². The van der Waals surface area contributed by atoms with Crippen LogP contribution in [0.3, 0.4) is 0 Å². The molecule has 0 saturated heterocycles. The van der Waals surface area contributed by atoms with E-state index in [1.807, 2.05) is 17.8 Å². The first kappa shape index (κ1) is 11.7. The van der Waals surface area contributed by atoms with Gasteiger partial charge in [0.05, 0.1) is 29.2 Å². The van der Waals surface area contributed by atoms with Gasteiger partial charge < -0.3 is 11.1 Å². The second-order valence-corrected chi connectivity index (χ2v) is 4.58. The van der Waals surface area contributed by atoms with Crippen LogP contribution in [0.15, 0.2) is 12.4 Å². The van der Waals surface area contributed by atoms with Gasteiger partial charge in [0.25, 0.3) is 0 Å². The number of nitrogens with two attached hydrogens (primary N) is 1. The maximum Gasteiger partial charge on any atom is 0.159 e. The van der Waals surface area contributed by atoms with Crippen molar-refractivity contribution in [3.63, 3.8) is 0 Å². The lowest BCUT2D eigenvalue weighted by molar-refractivity contribution is 0.492. The minimum Gasteiger partial charge on any atom is -0.396 e. The van der Waals surface area contributed by atoms with E-state index in [9.17, 15) is 0 Å². The Morgan fingerprint density at radius 3 is 2.82 bits per heavy atom. The van der Waals surface area contributed by atoms with Crippen LogP contribution in [-0.2, 0) is 6.54 Å². The molecule has 0 fully saturated rings. The molecule has 0 amide bonds. The number of nitrogen functional groups attached to an aromatic ring is 1. The van der Waals surface area contributed by atoms with Crippen LogP contribution in [0.5, 0.6) is 0 Å². The molecule has 0 atom stereocenters. The SMILES string of the molecule is CCNc1c(N)cnc2c1cnn2CC(C)C. The van der Waals surface area contributed by atoms with Gasteiger partial charge >= 0.3 is 0 Å². The van der Waals surface area contributed by atoms with Crippen molar-refractivity contribution in [1.82, 2.24) is 14.8 Å². The van der Waals surface area contributed by atoms with Crippen LogP contribution in [-0.4, -0.2) is 21.3 Å². The van der Waals surface area contributed by atoms with Gasteiger partial charge in [-0.1, -0.05) is 13.8 Å². The molecule has 0 aliphatic rings. The molecule has 0 spiro atoms. The number of rotatable bonds is 4. The largest absolute Gasteiger partial charge is 0.396 e. The molecule has 2 heterocycles. The van der Waals surface area contributed by atoms with Gasteiger partial charge in [0.15, 0.2) is 5.65 Å². The molecule has 0 aliphatic heterocycles. The highest BCUT2D eigenvalue weighted by molar-refractivity contribution is 5.95. The van der Waals surface area contributed by atoms with Crippen molar-refractivity contribution in [2.45, 2.75) is 27.3 Å². The lowest BCUT2D eigenvalue weighted by atomic mass is 10.2. The van der Waals surface area contributed by atoms with Gasteiger partial charge in [-0.15, -0.1) is 0 Å². The zero-order valence-corrected chi connectivity index (χ0v) is 10.6. The summed E-state index contributed by atoms with van der Waals surface area (Å²) in [6.07, 6.45) is 3.53. The van der Waals surface area contributed by atoms with Crippen LogP contribution >= 0.6 is 0 Å². The van der Waals surface area contributed by atoms with E-state index >= 15 is 0 Å². The quantitative estimate of drug-likeness (QED) is 0.848. The summed E-state index contributed by atoms with van der Waals surface area (Å²) in [6.45, 7) is 8.07. The van der Waals surface area contributed by atoms with E-state index in [1.165, 1.54) is 0 Å². The fraction of sp³-hybridized carbons (Fsp3) is 0.500. The number of aromatic nitrogens is 3. The molecule has 0 aliphatic carbocycles. The number of hydrogen-bond donors (Lipinski definition) is 2. The van der Waals surface area contributed by atoms with Gasteiger partial charge in [0.1, 0.15) is 0 Å². The molecule has 0 unspecified atom stereocenters. The minimum absolute atomic E-state index is 0.542. The molecule has 0 aromatic carbocycles. The van der Waals surface area contributed by atoms with E-state index in [-0.39, 0.29) is 0 Å². The van der Waals surface area contributed by atoms with E-state index in [1.54, 1.807) is 6.20 Å². The molecule has 0 radical (unpaired) electrons. The Morgan fingerprint density at radius 1 is 1.41 bits per heavy atom. The number of fused-ring (bicyclic) bond motifs is 1. The third-order valence-corrected chi connectivity index (χ3v) is 2.59. The van der Waals surface area contributed by atoms with Crippen molar-refractivity contribution in [3.05, 3.63) is 12.4 Å². The number of anilines is 2. The van der Waals surface area contributed by atoms with E-state index in [0.717, 1.165) is 29.8 Å². The summed E-state index contributed by atoms with van der Waals surface area (Å²) in [4.78, 5) is 4.37. The molecule has 5 heteroatoms. The number of nitrogens with one attached hydrogen (secondary N) is 1. The standard InChI is InChI=1S/C12H19N5/c1-4-14-11-9-5-16-17(7-8(2)3)12(9)15-6-10(11)13/h5-6,8H,4,7,13H2,1-3H3,(H,14,15). The Hall–Kier alpha value is -1.78. The van der Waals surface area contributed by atoms with Crippen LogP contribution in [0, 0.1) is 5.92 Å². The zero-order chi connectivity index (χ0) is 12.4. The van der Waals surface area contributed by atoms with Crippen LogP contribution in [0.25, 0.3) is 11.0 Å². The zero-order valence-electron chi connectivity index (χ0n) is 10.6. The van der Waals surface area contributed by atoms with Crippen molar-refractivity contribution in [2.24, 2.45) is 5.92 Å². The van der Waals surface area contributed by atoms with Gasteiger partial charge in [0.2, 0.25) is 0 Å². The maximum atomic E-state index is 5.92. The fourth-order valence-corrected chi connectivity index (χ4v) is 1.90. The Kier molecular flexibility index (Phi) is 3.17. The minimum atomic E-state index is 0.542. The smallest absolute Gasteiger partial charge is 0.159 e. The molecular weight excluding hydrogens is 214 g/mol. The number of nitrogens with zero attached hydrogens (tertiary/aromatic N) is 3. The normalized spacial score (nSPS) is 11.3. The van der Waals surface area contributed by atoms with E-state index in [2.05, 4.69) is 29.2 Å². The lowest BCUT2D eigenvalue weighted by Gasteiger charge is -2.09. The van der Waals surface area contributed by atoms with Crippen molar-refractivity contribution < 1.29 is 0 Å². The Morgan fingerprint density at radius 2 is 2.18 bits per heavy atom. The Balaban J connectivity index is 2.52. The second kappa shape index (κ2) is 4.61. The topological polar surface area (TPSA) is 68.8 Å². The van der Waals surface area contributed by atoms with Crippen molar-refractivity contribution in [2.75, 3.05) is 17.6 Å². The molecule has 17 heavy (non-hydrogen) atoms. The summed E-state index contributed by atoms with van der Waals surface area (Å²) in [5, 5.41) is 8.64. The first-order valence-electron chi connectivity index (χ1n) is 5.97. The Bertz CT molecular complexity index is 515. The summed E-state index contributed by atoms with van der Waals surface area (Å²) in [6, 6.07) is 0. The predicted octanol–water partition coefficient (Wildman–Crippen LogP) is 2.10. The predicted molar refractivity (Wildman–Crippen MR) is 70.9 cm³/mol. The summed E-state index contributed by atoms with van der Waals surface area (Å²) in [5.74, 6) is 0.542. The third kappa shape index (κ3) is 2.18. The van der Waals surface area contributed by atoms with E-state index in [4.69, 9.17) is 5.73 Å². The van der Waals surface area contributed by atoms with Crippen molar-refractivity contribution in [1.29, 1.82) is 0 Å². The molecule has 3 N–H and O–H groups in total. The highest BCUT2D eigenvalue weighted by atomic mass is 15.3. The number of pyridine rings is 1. The van der Waals surface area contributed by atoms with Crippen LogP contribution in [0.1, 0.15) is 20.8 Å². The lowest BCUT2D eigenvalue weighted by Crippen LogP contribution is -2.07. The monoisotopic (exact) mass is 233 g/mol. The average Bonchev–Trinajstić information content (AvgIpc) is 2.65. The molecule has 0 saturated carbocycles. The number of hydrogen-bond acceptors (Lipinski definition) is 4. The van der Waals surface area contributed by atoms with E-state index < -0.39 is 0 Å². The van der Waals surface area contributed by atoms with Gasteiger partial charge in [-0.25, -0.2) is 9.67 Å². The third-order valence-electron chi connectivity index (χ3n) is 2.59. The second-order valence-electron chi connectivity index (χ2n) is 4.58. The summed E-state index contributed by atoms with van der Waals surface area (Å²) < 4.78 is 1.93. The molecule has 2 aromatic heterocycles. The molecule has 92 valence electrons. The average molecular weight is 233 g/mol. The molecule has 2 rings (SSSR count). The maximum absolute atomic E-state index is 5.92. The van der Waals surface area contributed by atoms with Gasteiger partial charge in [0, 0.05) is 13.1 Å². The van der Waals surface area contributed by atoms with Crippen molar-refractivity contribution >= 4 is 22.4 Å². The van der Waals surface area contributed by atoms with Gasteiger partial charge in [-0.05, 0) is 12.8 Å². The Labute approximate surface area is 101 Å². The first-order valence-corrected chi connectivity index (χ1v) is 5.97.